The molecule has 0 aromatic heterocycles. The molecule has 0 N–H and O–H groups in total. The van der Waals surface area contributed by atoms with Crippen LogP contribution in [-0.2, 0) is 22.8 Å². The Balaban J connectivity index is 5.17. The second-order valence-electron chi connectivity index (χ2n) is 3.30. The fourth-order valence-electron chi connectivity index (χ4n) is 1.09. The van der Waals surface area contributed by atoms with E-state index < -0.39 is 28.6 Å². The van der Waals surface area contributed by atoms with Gasteiger partial charge in [0.15, 0.2) is 10.5 Å². The standard InChI is InChI=1S/C10H12Cl2O5S2/c1-5-9(18(11,13)14)7(3)17-8(4)10(6-2)19(12,15)16/h5-6,9-10H,1-4H2. The summed E-state index contributed by atoms with van der Waals surface area (Å²) in [5.74, 6) is -0.690. The Morgan fingerprint density at radius 1 is 0.895 bits per heavy atom. The smallest absolute Gasteiger partial charge is 0.246 e. The summed E-state index contributed by atoms with van der Waals surface area (Å²) in [5, 5.41) is -2.82. The molecule has 0 saturated heterocycles. The van der Waals surface area contributed by atoms with Crippen molar-refractivity contribution in [3.8, 4) is 0 Å². The van der Waals surface area contributed by atoms with Crippen LogP contribution in [0.5, 0.6) is 0 Å². The molecule has 0 heterocycles. The minimum Gasteiger partial charge on any atom is -0.464 e. The lowest BCUT2D eigenvalue weighted by atomic mass is 10.3. The lowest BCUT2D eigenvalue weighted by Crippen LogP contribution is -2.22. The number of hydrogen-bond acceptors (Lipinski definition) is 5. The molecule has 9 heteroatoms. The maximum atomic E-state index is 11.2. The van der Waals surface area contributed by atoms with Crippen molar-refractivity contribution in [1.29, 1.82) is 0 Å². The van der Waals surface area contributed by atoms with Gasteiger partial charge in [0.2, 0.25) is 18.1 Å². The van der Waals surface area contributed by atoms with Crippen LogP contribution in [0.3, 0.4) is 0 Å². The van der Waals surface area contributed by atoms with E-state index in [1.54, 1.807) is 0 Å². The molecule has 108 valence electrons. The minimum absolute atomic E-state index is 0.345. The third-order valence-corrected chi connectivity index (χ3v) is 5.21. The molecule has 0 spiro atoms. The monoisotopic (exact) mass is 346 g/mol. The van der Waals surface area contributed by atoms with Crippen LogP contribution < -0.4 is 0 Å². The van der Waals surface area contributed by atoms with Crippen LogP contribution in [-0.4, -0.2) is 27.3 Å². The average Bonchev–Trinajstić information content (AvgIpc) is 2.13. The van der Waals surface area contributed by atoms with Crippen molar-refractivity contribution in [3.05, 3.63) is 50.0 Å². The van der Waals surface area contributed by atoms with E-state index in [1.165, 1.54) is 0 Å². The van der Waals surface area contributed by atoms with Gasteiger partial charge in [-0.3, -0.25) is 0 Å². The summed E-state index contributed by atoms with van der Waals surface area (Å²) in [6.45, 7) is 13.2. The largest absolute Gasteiger partial charge is 0.464 e. The van der Waals surface area contributed by atoms with Gasteiger partial charge >= 0.3 is 0 Å². The number of halogens is 2. The summed E-state index contributed by atoms with van der Waals surface area (Å²) in [4.78, 5) is 0. The van der Waals surface area contributed by atoms with Crippen molar-refractivity contribution < 1.29 is 21.6 Å². The number of ether oxygens (including phenoxy) is 1. The Kier molecular flexibility index (Phi) is 6.34. The maximum Gasteiger partial charge on any atom is 0.246 e. The third kappa shape index (κ3) is 5.40. The molecule has 0 saturated carbocycles. The maximum absolute atomic E-state index is 11.2. The van der Waals surface area contributed by atoms with Gasteiger partial charge in [-0.05, 0) is 0 Å². The van der Waals surface area contributed by atoms with E-state index in [2.05, 4.69) is 26.3 Å². The van der Waals surface area contributed by atoms with Crippen LogP contribution in [0.4, 0.5) is 0 Å². The summed E-state index contributed by atoms with van der Waals surface area (Å²) in [5.41, 5.74) is 0. The summed E-state index contributed by atoms with van der Waals surface area (Å²) < 4.78 is 49.7. The zero-order chi connectivity index (χ0) is 15.4. The third-order valence-electron chi connectivity index (χ3n) is 1.93. The van der Waals surface area contributed by atoms with E-state index in [0.29, 0.717) is 0 Å². The van der Waals surface area contributed by atoms with Crippen molar-refractivity contribution in [2.45, 2.75) is 10.5 Å². The van der Waals surface area contributed by atoms with Crippen LogP contribution in [0.15, 0.2) is 50.0 Å². The van der Waals surface area contributed by atoms with E-state index in [0.717, 1.165) is 12.2 Å². The first-order valence-corrected chi connectivity index (χ1v) is 9.37. The Hall–Kier alpha value is -0.760. The molecule has 0 bridgehead atoms. The zero-order valence-corrected chi connectivity index (χ0v) is 12.9. The van der Waals surface area contributed by atoms with E-state index in [9.17, 15) is 16.8 Å². The topological polar surface area (TPSA) is 77.5 Å². The molecule has 0 aliphatic carbocycles. The van der Waals surface area contributed by atoms with Crippen LogP contribution in [0, 0.1) is 0 Å². The molecule has 0 amide bonds. The SMILES string of the molecule is C=CC(C(=C)OC(=C)C(C=C)S(=O)(=O)Cl)S(=O)(=O)Cl. The van der Waals surface area contributed by atoms with E-state index in [-0.39, 0.29) is 11.5 Å². The quantitative estimate of drug-likeness (QED) is 0.382. The Bertz CT molecular complexity index is 550. The lowest BCUT2D eigenvalue weighted by Gasteiger charge is -2.18. The fraction of sp³-hybridized carbons (Fsp3) is 0.200. The van der Waals surface area contributed by atoms with Crippen molar-refractivity contribution >= 4 is 39.5 Å². The molecule has 0 rings (SSSR count). The zero-order valence-electron chi connectivity index (χ0n) is 9.75. The summed E-state index contributed by atoms with van der Waals surface area (Å²) in [7, 11) is 2.20. The molecular weight excluding hydrogens is 335 g/mol. The highest BCUT2D eigenvalue weighted by Crippen LogP contribution is 2.24. The predicted octanol–water partition coefficient (Wildman–Crippen LogP) is 2.28. The predicted molar refractivity (Wildman–Crippen MR) is 76.9 cm³/mol. The van der Waals surface area contributed by atoms with E-state index in [4.69, 9.17) is 26.1 Å². The first-order chi connectivity index (χ1) is 8.45. The number of hydrogen-bond donors (Lipinski definition) is 0. The first-order valence-electron chi connectivity index (χ1n) is 4.62. The van der Waals surface area contributed by atoms with Crippen LogP contribution in [0.25, 0.3) is 0 Å². The van der Waals surface area contributed by atoms with Crippen molar-refractivity contribution in [3.63, 3.8) is 0 Å². The molecule has 2 unspecified atom stereocenters. The van der Waals surface area contributed by atoms with Crippen LogP contribution in [0.2, 0.25) is 0 Å². The molecule has 0 aromatic carbocycles. The average molecular weight is 347 g/mol. The normalized spacial score (nSPS) is 15.1. The van der Waals surface area contributed by atoms with Gasteiger partial charge in [0, 0.05) is 21.4 Å². The highest BCUT2D eigenvalue weighted by molar-refractivity contribution is 8.14. The minimum atomic E-state index is -4.05. The molecule has 0 aliphatic rings. The fourth-order valence-corrected chi connectivity index (χ4v) is 3.31. The van der Waals surface area contributed by atoms with Gasteiger partial charge in [-0.15, -0.1) is 13.2 Å². The highest BCUT2D eigenvalue weighted by Gasteiger charge is 2.29. The summed E-state index contributed by atoms with van der Waals surface area (Å²) >= 11 is 0. The second-order valence-corrected chi connectivity index (χ2v) is 8.80. The molecule has 0 fully saturated rings. The van der Waals surface area contributed by atoms with Crippen LogP contribution >= 0.6 is 21.4 Å². The summed E-state index contributed by atoms with van der Waals surface area (Å²) in [6.07, 6.45) is 1.96. The van der Waals surface area contributed by atoms with Gasteiger partial charge < -0.3 is 4.74 Å². The van der Waals surface area contributed by atoms with Gasteiger partial charge in [-0.1, -0.05) is 25.3 Å². The molecule has 0 aromatic rings. The van der Waals surface area contributed by atoms with Gasteiger partial charge in [0.25, 0.3) is 0 Å². The molecular formula is C10H12Cl2O5S2. The molecule has 2 atom stereocenters. The second kappa shape index (κ2) is 6.60. The lowest BCUT2D eigenvalue weighted by molar-refractivity contribution is 0.297. The van der Waals surface area contributed by atoms with Crippen molar-refractivity contribution in [2.24, 2.45) is 0 Å². The van der Waals surface area contributed by atoms with Crippen molar-refractivity contribution in [1.82, 2.24) is 0 Å². The molecule has 0 radical (unpaired) electrons. The Morgan fingerprint density at radius 2 is 1.16 bits per heavy atom. The Morgan fingerprint density at radius 3 is 1.32 bits per heavy atom. The van der Waals surface area contributed by atoms with Gasteiger partial charge in [0.1, 0.15) is 11.5 Å². The highest BCUT2D eigenvalue weighted by atomic mass is 35.7. The van der Waals surface area contributed by atoms with Gasteiger partial charge in [0.05, 0.1) is 0 Å². The van der Waals surface area contributed by atoms with E-state index in [1.807, 2.05) is 0 Å². The van der Waals surface area contributed by atoms with Crippen LogP contribution in [0.1, 0.15) is 0 Å². The molecule has 5 nitrogen and oxygen atoms in total. The first kappa shape index (κ1) is 18.2. The molecule has 0 aliphatic heterocycles. The van der Waals surface area contributed by atoms with Gasteiger partial charge in [-0.2, -0.15) is 0 Å². The Labute approximate surface area is 121 Å². The van der Waals surface area contributed by atoms with E-state index >= 15 is 0 Å². The van der Waals surface area contributed by atoms with Gasteiger partial charge in [-0.25, -0.2) is 16.8 Å². The summed E-state index contributed by atoms with van der Waals surface area (Å²) in [6, 6.07) is 0. The molecule has 19 heavy (non-hydrogen) atoms. The van der Waals surface area contributed by atoms with Crippen molar-refractivity contribution in [2.75, 3.05) is 0 Å². The number of rotatable bonds is 8.